The third-order valence-electron chi connectivity index (χ3n) is 4.09. The molecule has 2 aromatic rings. The molecule has 23 heavy (non-hydrogen) atoms. The summed E-state index contributed by atoms with van der Waals surface area (Å²) >= 11 is 0. The van der Waals surface area contributed by atoms with Gasteiger partial charge in [-0.2, -0.15) is 5.10 Å². The number of rotatable bonds is 6. The molecule has 0 aliphatic carbocycles. The molecule has 1 aromatic heterocycles. The van der Waals surface area contributed by atoms with Gasteiger partial charge in [-0.25, -0.2) is 4.68 Å². The van der Waals surface area contributed by atoms with Gasteiger partial charge in [0, 0.05) is 5.69 Å². The highest BCUT2D eigenvalue weighted by Gasteiger charge is 2.17. The van der Waals surface area contributed by atoms with Crippen LogP contribution in [0.4, 0.5) is 0 Å². The number of hydrogen-bond donors (Lipinski definition) is 0. The van der Waals surface area contributed by atoms with E-state index in [9.17, 15) is 4.79 Å². The van der Waals surface area contributed by atoms with E-state index in [1.165, 1.54) is 10.2 Å². The lowest BCUT2D eigenvalue weighted by molar-refractivity contribution is 0.0817. The predicted molar refractivity (Wildman–Crippen MR) is 92.2 cm³/mol. The van der Waals surface area contributed by atoms with Crippen LogP contribution < -0.4 is 4.74 Å². The van der Waals surface area contributed by atoms with E-state index in [2.05, 4.69) is 18.9 Å². The zero-order valence-electron chi connectivity index (χ0n) is 14.7. The Morgan fingerprint density at radius 2 is 1.91 bits per heavy atom. The first-order valence-corrected chi connectivity index (χ1v) is 8.17. The van der Waals surface area contributed by atoms with Crippen LogP contribution in [0, 0.1) is 26.7 Å². The van der Waals surface area contributed by atoms with E-state index in [1.807, 2.05) is 45.0 Å². The van der Waals surface area contributed by atoms with Crippen LogP contribution in [0.15, 0.2) is 24.3 Å². The Kier molecular flexibility index (Phi) is 5.59. The molecule has 2 rings (SSSR count). The number of benzene rings is 1. The van der Waals surface area contributed by atoms with Crippen molar-refractivity contribution in [3.8, 4) is 5.75 Å². The Morgan fingerprint density at radius 3 is 2.57 bits per heavy atom. The lowest BCUT2D eigenvalue weighted by Crippen LogP contribution is -2.22. The molecule has 4 nitrogen and oxygen atoms in total. The molecule has 124 valence electrons. The summed E-state index contributed by atoms with van der Waals surface area (Å²) in [5.74, 6) is 1.24. The van der Waals surface area contributed by atoms with Gasteiger partial charge in [0.1, 0.15) is 5.75 Å². The van der Waals surface area contributed by atoms with Gasteiger partial charge in [0.25, 0.3) is 5.91 Å². The fourth-order valence-corrected chi connectivity index (χ4v) is 2.63. The summed E-state index contributed by atoms with van der Waals surface area (Å²) in [6, 6.07) is 7.69. The minimum atomic E-state index is -0.135. The van der Waals surface area contributed by atoms with Crippen LogP contribution in [0.1, 0.15) is 47.6 Å². The normalized spacial score (nSPS) is 11.0. The van der Waals surface area contributed by atoms with Gasteiger partial charge in [-0.3, -0.25) is 4.79 Å². The van der Waals surface area contributed by atoms with Crippen LogP contribution in [0.2, 0.25) is 0 Å². The molecule has 0 spiro atoms. The van der Waals surface area contributed by atoms with Crippen LogP contribution >= 0.6 is 0 Å². The molecule has 0 radical (unpaired) electrons. The van der Waals surface area contributed by atoms with Crippen molar-refractivity contribution in [2.24, 2.45) is 5.92 Å². The fraction of sp³-hybridized carbons (Fsp3) is 0.474. The molecule has 0 aliphatic heterocycles. The first kappa shape index (κ1) is 17.3. The summed E-state index contributed by atoms with van der Waals surface area (Å²) < 4.78 is 7.13. The van der Waals surface area contributed by atoms with Gasteiger partial charge in [0.05, 0.1) is 5.69 Å². The molecule has 1 aromatic carbocycles. The van der Waals surface area contributed by atoms with Crippen molar-refractivity contribution in [1.29, 1.82) is 0 Å². The number of nitrogens with zero attached hydrogens (tertiary/aromatic N) is 2. The van der Waals surface area contributed by atoms with Crippen molar-refractivity contribution in [1.82, 2.24) is 9.78 Å². The molecule has 0 fully saturated rings. The van der Waals surface area contributed by atoms with Gasteiger partial charge < -0.3 is 4.74 Å². The molecule has 0 bridgehead atoms. The molecule has 0 unspecified atom stereocenters. The zero-order valence-corrected chi connectivity index (χ0v) is 14.7. The number of ether oxygens (including phenoxy) is 1. The average Bonchev–Trinajstić information content (AvgIpc) is 2.79. The minimum absolute atomic E-state index is 0.00354. The SMILES string of the molecule is Cc1ccccc1OCC(=O)n1nc(C)c(CCC(C)C)c1C. The van der Waals surface area contributed by atoms with Gasteiger partial charge >= 0.3 is 0 Å². The van der Waals surface area contributed by atoms with Crippen LogP contribution in [0.3, 0.4) is 0 Å². The summed E-state index contributed by atoms with van der Waals surface area (Å²) in [5, 5.41) is 4.41. The van der Waals surface area contributed by atoms with Gasteiger partial charge in [-0.1, -0.05) is 32.0 Å². The molecular weight excluding hydrogens is 288 g/mol. The number of carbonyl (C=O) groups excluding carboxylic acids is 1. The van der Waals surface area contributed by atoms with Gasteiger partial charge in [-0.05, 0) is 56.7 Å². The van der Waals surface area contributed by atoms with Gasteiger partial charge in [0.2, 0.25) is 0 Å². The van der Waals surface area contributed by atoms with Crippen molar-refractivity contribution in [2.45, 2.75) is 47.5 Å². The molecule has 1 heterocycles. The highest BCUT2D eigenvalue weighted by molar-refractivity contribution is 5.80. The zero-order chi connectivity index (χ0) is 17.0. The van der Waals surface area contributed by atoms with E-state index < -0.39 is 0 Å². The number of carbonyl (C=O) groups is 1. The van der Waals surface area contributed by atoms with Crippen LogP contribution in [-0.2, 0) is 6.42 Å². The molecule has 0 aliphatic rings. The summed E-state index contributed by atoms with van der Waals surface area (Å²) in [6.45, 7) is 10.3. The van der Waals surface area contributed by atoms with E-state index in [-0.39, 0.29) is 12.5 Å². The van der Waals surface area contributed by atoms with E-state index in [1.54, 1.807) is 0 Å². The highest BCUT2D eigenvalue weighted by Crippen LogP contribution is 2.19. The van der Waals surface area contributed by atoms with E-state index in [4.69, 9.17) is 4.74 Å². The molecule has 0 N–H and O–H groups in total. The Bertz CT molecular complexity index is 687. The molecular formula is C19H26N2O2. The standard InChI is InChI=1S/C19H26N2O2/c1-13(2)10-11-17-15(4)20-21(16(17)5)19(22)12-23-18-9-7-6-8-14(18)3/h6-9,13H,10-12H2,1-5H3. The Morgan fingerprint density at radius 1 is 1.22 bits per heavy atom. The molecule has 0 saturated heterocycles. The van der Waals surface area contributed by atoms with Crippen LogP contribution in [-0.4, -0.2) is 22.3 Å². The molecule has 0 saturated carbocycles. The van der Waals surface area contributed by atoms with Gasteiger partial charge in [0.15, 0.2) is 6.61 Å². The fourth-order valence-electron chi connectivity index (χ4n) is 2.63. The molecule has 0 atom stereocenters. The third-order valence-corrected chi connectivity index (χ3v) is 4.09. The maximum absolute atomic E-state index is 12.4. The first-order chi connectivity index (χ1) is 10.9. The monoisotopic (exact) mass is 314 g/mol. The Labute approximate surface area is 138 Å². The van der Waals surface area contributed by atoms with Crippen molar-refractivity contribution in [2.75, 3.05) is 6.61 Å². The van der Waals surface area contributed by atoms with E-state index in [0.29, 0.717) is 5.92 Å². The predicted octanol–water partition coefficient (Wildman–Crippen LogP) is 4.12. The quantitative estimate of drug-likeness (QED) is 0.805. The lowest BCUT2D eigenvalue weighted by Gasteiger charge is -2.09. The topological polar surface area (TPSA) is 44.1 Å². The van der Waals surface area contributed by atoms with E-state index in [0.717, 1.165) is 35.5 Å². The summed E-state index contributed by atoms with van der Waals surface area (Å²) in [4.78, 5) is 12.4. The number of aryl methyl sites for hydroxylation is 2. The summed E-state index contributed by atoms with van der Waals surface area (Å²) in [5.41, 5.74) is 4.07. The Hall–Kier alpha value is -2.10. The maximum atomic E-state index is 12.4. The average molecular weight is 314 g/mol. The maximum Gasteiger partial charge on any atom is 0.284 e. The number of hydrogen-bond acceptors (Lipinski definition) is 3. The Balaban J connectivity index is 2.08. The number of aromatic nitrogens is 2. The molecule has 4 heteroatoms. The van der Waals surface area contributed by atoms with Crippen molar-refractivity contribution in [3.05, 3.63) is 46.8 Å². The lowest BCUT2D eigenvalue weighted by atomic mass is 10.0. The summed E-state index contributed by atoms with van der Waals surface area (Å²) in [7, 11) is 0. The van der Waals surface area contributed by atoms with Crippen molar-refractivity contribution in [3.63, 3.8) is 0 Å². The van der Waals surface area contributed by atoms with Crippen molar-refractivity contribution >= 4 is 5.91 Å². The van der Waals surface area contributed by atoms with E-state index >= 15 is 0 Å². The molecule has 0 amide bonds. The number of para-hydroxylation sites is 1. The second kappa shape index (κ2) is 7.44. The smallest absolute Gasteiger partial charge is 0.284 e. The van der Waals surface area contributed by atoms with Crippen LogP contribution in [0.25, 0.3) is 0 Å². The van der Waals surface area contributed by atoms with Gasteiger partial charge in [-0.15, -0.1) is 0 Å². The summed E-state index contributed by atoms with van der Waals surface area (Å²) in [6.07, 6.45) is 2.06. The minimum Gasteiger partial charge on any atom is -0.483 e. The van der Waals surface area contributed by atoms with Crippen molar-refractivity contribution < 1.29 is 9.53 Å². The third kappa shape index (κ3) is 4.21. The van der Waals surface area contributed by atoms with Crippen LogP contribution in [0.5, 0.6) is 5.75 Å². The largest absolute Gasteiger partial charge is 0.483 e. The second-order valence-corrected chi connectivity index (χ2v) is 6.44. The highest BCUT2D eigenvalue weighted by atomic mass is 16.5. The first-order valence-electron chi connectivity index (χ1n) is 8.17. The second-order valence-electron chi connectivity index (χ2n) is 6.44.